The van der Waals surface area contributed by atoms with E-state index in [1.54, 1.807) is 24.1 Å². The summed E-state index contributed by atoms with van der Waals surface area (Å²) in [7, 11) is 1.72. The SMILES string of the molecule is CN(Cc1ccc(N2CCOCC2)cc1)C(=O)CNC(=O)c1ccc(Br)o1. The van der Waals surface area contributed by atoms with Gasteiger partial charge in [0.2, 0.25) is 5.91 Å². The van der Waals surface area contributed by atoms with Crippen molar-refractivity contribution in [3.8, 4) is 0 Å². The molecule has 1 aliphatic heterocycles. The van der Waals surface area contributed by atoms with Crippen LogP contribution in [0.5, 0.6) is 0 Å². The number of amides is 2. The van der Waals surface area contributed by atoms with Gasteiger partial charge in [-0.3, -0.25) is 9.59 Å². The summed E-state index contributed by atoms with van der Waals surface area (Å²) in [6, 6.07) is 11.3. The maximum Gasteiger partial charge on any atom is 0.287 e. The van der Waals surface area contributed by atoms with Gasteiger partial charge in [0.1, 0.15) is 0 Å². The van der Waals surface area contributed by atoms with Gasteiger partial charge in [-0.1, -0.05) is 12.1 Å². The van der Waals surface area contributed by atoms with E-state index in [2.05, 4.69) is 38.3 Å². The van der Waals surface area contributed by atoms with Crippen molar-refractivity contribution in [1.82, 2.24) is 10.2 Å². The van der Waals surface area contributed by atoms with E-state index >= 15 is 0 Å². The number of ether oxygens (including phenoxy) is 1. The number of carbonyl (C=O) groups excluding carboxylic acids is 2. The molecule has 2 amide bonds. The number of rotatable bonds is 6. The molecule has 0 bridgehead atoms. The summed E-state index contributed by atoms with van der Waals surface area (Å²) in [5.74, 6) is -0.431. The summed E-state index contributed by atoms with van der Waals surface area (Å²) in [5.41, 5.74) is 2.19. The zero-order valence-electron chi connectivity index (χ0n) is 15.1. The van der Waals surface area contributed by atoms with Gasteiger partial charge in [0, 0.05) is 32.4 Å². The Labute approximate surface area is 166 Å². The molecule has 1 aromatic carbocycles. The van der Waals surface area contributed by atoms with Crippen molar-refractivity contribution >= 4 is 33.4 Å². The van der Waals surface area contributed by atoms with Gasteiger partial charge in [-0.2, -0.15) is 0 Å². The molecule has 1 aromatic heterocycles. The summed E-state index contributed by atoms with van der Waals surface area (Å²) in [5, 5.41) is 2.57. The summed E-state index contributed by atoms with van der Waals surface area (Å²) >= 11 is 3.14. The van der Waals surface area contributed by atoms with E-state index in [1.165, 1.54) is 0 Å². The Kier molecular flexibility index (Phi) is 6.52. The van der Waals surface area contributed by atoms with Crippen LogP contribution in [0.4, 0.5) is 5.69 Å². The molecule has 2 aromatic rings. The molecule has 0 radical (unpaired) electrons. The highest BCUT2D eigenvalue weighted by molar-refractivity contribution is 9.10. The predicted molar refractivity (Wildman–Crippen MR) is 105 cm³/mol. The average Bonchev–Trinajstić information content (AvgIpc) is 3.13. The Hall–Kier alpha value is -2.32. The third-order valence-electron chi connectivity index (χ3n) is 4.36. The highest BCUT2D eigenvalue weighted by Gasteiger charge is 2.15. The number of nitrogens with zero attached hydrogens (tertiary/aromatic N) is 2. The average molecular weight is 436 g/mol. The summed E-state index contributed by atoms with van der Waals surface area (Å²) in [4.78, 5) is 28.0. The van der Waals surface area contributed by atoms with E-state index in [4.69, 9.17) is 9.15 Å². The van der Waals surface area contributed by atoms with Crippen LogP contribution in [0, 0.1) is 0 Å². The number of hydrogen-bond donors (Lipinski definition) is 1. The Morgan fingerprint density at radius 1 is 1.15 bits per heavy atom. The number of anilines is 1. The Balaban J connectivity index is 1.48. The molecule has 27 heavy (non-hydrogen) atoms. The fraction of sp³-hybridized carbons (Fsp3) is 0.368. The molecule has 7 nitrogen and oxygen atoms in total. The predicted octanol–water partition coefficient (Wildman–Crippen LogP) is 2.27. The second kappa shape index (κ2) is 9.05. The van der Waals surface area contributed by atoms with Crippen molar-refractivity contribution in [2.24, 2.45) is 0 Å². The smallest absolute Gasteiger partial charge is 0.287 e. The Morgan fingerprint density at radius 2 is 1.85 bits per heavy atom. The number of benzene rings is 1. The molecule has 144 valence electrons. The Bertz CT molecular complexity index is 785. The maximum absolute atomic E-state index is 12.3. The molecule has 0 spiro atoms. The third-order valence-corrected chi connectivity index (χ3v) is 4.78. The van der Waals surface area contributed by atoms with Gasteiger partial charge in [-0.05, 0) is 45.8 Å². The molecule has 2 heterocycles. The minimum Gasteiger partial charge on any atom is -0.444 e. The van der Waals surface area contributed by atoms with E-state index in [0.29, 0.717) is 11.2 Å². The molecule has 8 heteroatoms. The minimum atomic E-state index is -0.419. The number of furan rings is 1. The zero-order valence-corrected chi connectivity index (χ0v) is 16.7. The van der Waals surface area contributed by atoms with Crippen LogP contribution < -0.4 is 10.2 Å². The first-order chi connectivity index (χ1) is 13.0. The van der Waals surface area contributed by atoms with Gasteiger partial charge in [0.25, 0.3) is 5.91 Å². The third kappa shape index (κ3) is 5.33. The lowest BCUT2D eigenvalue weighted by Gasteiger charge is -2.29. The molecular formula is C19H22BrN3O4. The fourth-order valence-electron chi connectivity index (χ4n) is 2.81. The maximum atomic E-state index is 12.3. The number of halogens is 1. The fourth-order valence-corrected chi connectivity index (χ4v) is 3.12. The molecule has 1 fully saturated rings. The van der Waals surface area contributed by atoms with Gasteiger partial charge < -0.3 is 24.3 Å². The molecule has 1 N–H and O–H groups in total. The summed E-state index contributed by atoms with van der Waals surface area (Å²) in [6.45, 7) is 3.68. The molecule has 0 saturated carbocycles. The number of morpholine rings is 1. The van der Waals surface area contributed by atoms with Gasteiger partial charge in [-0.15, -0.1) is 0 Å². The minimum absolute atomic E-state index is 0.0838. The monoisotopic (exact) mass is 435 g/mol. The van der Waals surface area contributed by atoms with Crippen molar-refractivity contribution in [3.63, 3.8) is 0 Å². The topological polar surface area (TPSA) is 75.0 Å². The summed E-state index contributed by atoms with van der Waals surface area (Å²) < 4.78 is 11.0. The zero-order chi connectivity index (χ0) is 19.2. The lowest BCUT2D eigenvalue weighted by atomic mass is 10.1. The number of carbonyl (C=O) groups is 2. The first kappa shape index (κ1) is 19.4. The number of nitrogens with one attached hydrogen (secondary N) is 1. The normalized spacial score (nSPS) is 14.1. The first-order valence-electron chi connectivity index (χ1n) is 8.72. The molecule has 0 aliphatic carbocycles. The highest BCUT2D eigenvalue weighted by atomic mass is 79.9. The summed E-state index contributed by atoms with van der Waals surface area (Å²) in [6.07, 6.45) is 0. The van der Waals surface area contributed by atoms with Crippen LogP contribution >= 0.6 is 15.9 Å². The molecule has 3 rings (SSSR count). The van der Waals surface area contributed by atoms with Crippen LogP contribution in [0.2, 0.25) is 0 Å². The van der Waals surface area contributed by atoms with Crippen molar-refractivity contribution in [2.45, 2.75) is 6.54 Å². The molecule has 1 aliphatic rings. The highest BCUT2D eigenvalue weighted by Crippen LogP contribution is 2.17. The first-order valence-corrected chi connectivity index (χ1v) is 9.51. The lowest BCUT2D eigenvalue weighted by molar-refractivity contribution is -0.129. The van der Waals surface area contributed by atoms with E-state index in [1.807, 2.05) is 12.1 Å². The lowest BCUT2D eigenvalue weighted by Crippen LogP contribution is -2.37. The van der Waals surface area contributed by atoms with E-state index in [-0.39, 0.29) is 18.2 Å². The second-order valence-corrected chi connectivity index (χ2v) is 7.08. The van der Waals surface area contributed by atoms with Gasteiger partial charge >= 0.3 is 0 Å². The number of likely N-dealkylation sites (N-methyl/N-ethyl adjacent to an activating group) is 1. The van der Waals surface area contributed by atoms with E-state index < -0.39 is 5.91 Å². The van der Waals surface area contributed by atoms with Crippen molar-refractivity contribution in [3.05, 3.63) is 52.4 Å². The molecular weight excluding hydrogens is 414 g/mol. The van der Waals surface area contributed by atoms with Crippen molar-refractivity contribution < 1.29 is 18.7 Å². The Morgan fingerprint density at radius 3 is 2.48 bits per heavy atom. The van der Waals surface area contributed by atoms with Crippen LogP contribution in [-0.2, 0) is 16.1 Å². The largest absolute Gasteiger partial charge is 0.444 e. The van der Waals surface area contributed by atoms with Crippen LogP contribution in [0.15, 0.2) is 45.5 Å². The second-order valence-electron chi connectivity index (χ2n) is 6.30. The van der Waals surface area contributed by atoms with Crippen LogP contribution in [-0.4, -0.2) is 56.6 Å². The number of hydrogen-bond acceptors (Lipinski definition) is 5. The quantitative estimate of drug-likeness (QED) is 0.752. The van der Waals surface area contributed by atoms with E-state index in [9.17, 15) is 9.59 Å². The van der Waals surface area contributed by atoms with Crippen molar-refractivity contribution in [2.75, 3.05) is 44.8 Å². The van der Waals surface area contributed by atoms with Gasteiger partial charge in [0.15, 0.2) is 10.4 Å². The van der Waals surface area contributed by atoms with Crippen LogP contribution in [0.25, 0.3) is 0 Å². The van der Waals surface area contributed by atoms with Gasteiger partial charge in [-0.25, -0.2) is 0 Å². The van der Waals surface area contributed by atoms with Crippen molar-refractivity contribution in [1.29, 1.82) is 0 Å². The van der Waals surface area contributed by atoms with Crippen LogP contribution in [0.1, 0.15) is 16.1 Å². The standard InChI is InChI=1S/C19H22BrN3O4/c1-22(18(24)12-21-19(25)16-6-7-17(20)27-16)13-14-2-4-15(5-3-14)23-8-10-26-11-9-23/h2-7H,8-13H2,1H3,(H,21,25). The van der Waals surface area contributed by atoms with Crippen LogP contribution in [0.3, 0.4) is 0 Å². The molecule has 0 atom stereocenters. The molecule has 0 unspecified atom stereocenters. The van der Waals surface area contributed by atoms with Gasteiger partial charge in [0.05, 0.1) is 19.8 Å². The van der Waals surface area contributed by atoms with E-state index in [0.717, 1.165) is 37.6 Å². The molecule has 1 saturated heterocycles.